The van der Waals surface area contributed by atoms with Crippen LogP contribution in [0.15, 0.2) is 29.3 Å². The Labute approximate surface area is 165 Å². The topological polar surface area (TPSA) is 47.9 Å². The number of nitrogens with one attached hydrogen (secondary N) is 1. The maximum Gasteiger partial charge on any atom is 0.237 e. The van der Waals surface area contributed by atoms with Crippen LogP contribution in [0.1, 0.15) is 26.3 Å². The molecule has 7 heteroatoms. The number of hydrogen-bond acceptors (Lipinski definition) is 5. The molecule has 27 heavy (non-hydrogen) atoms. The minimum Gasteiger partial charge on any atom is -0.354 e. The smallest absolute Gasteiger partial charge is 0.237 e. The Bertz CT molecular complexity index is 684. The third-order valence-corrected chi connectivity index (χ3v) is 6.35. The van der Waals surface area contributed by atoms with E-state index in [0.717, 1.165) is 43.5 Å². The van der Waals surface area contributed by atoms with E-state index in [0.29, 0.717) is 13.0 Å². The molecule has 148 valence electrons. The molecular weight excluding hydrogens is 363 g/mol. The van der Waals surface area contributed by atoms with Crippen molar-refractivity contribution in [2.75, 3.05) is 39.3 Å². The number of thioether (sulfide) groups is 1. The summed E-state index contributed by atoms with van der Waals surface area (Å²) in [6, 6.07) is 6.28. The Hall–Kier alpha value is -1.60. The molecule has 1 aromatic rings. The standard InChI is InChI=1S/C20H29FN4OS/c1-15(18(26)22-9-8-16-4-6-17(21)7-5-16)24-10-12-25(13-11-24)19-23-14-20(2,3)27-19/h4-7,15H,8-14H2,1-3H3,(H,22,26)/t15-/m0/s1. The number of piperazine rings is 1. The van der Waals surface area contributed by atoms with E-state index in [9.17, 15) is 9.18 Å². The van der Waals surface area contributed by atoms with Gasteiger partial charge >= 0.3 is 0 Å². The van der Waals surface area contributed by atoms with Crippen molar-refractivity contribution in [2.24, 2.45) is 4.99 Å². The Balaban J connectivity index is 1.40. The zero-order chi connectivity index (χ0) is 19.4. The van der Waals surface area contributed by atoms with E-state index >= 15 is 0 Å². The van der Waals surface area contributed by atoms with E-state index in [1.165, 1.54) is 12.1 Å². The molecule has 1 atom stereocenters. The molecule has 5 nitrogen and oxygen atoms in total. The van der Waals surface area contributed by atoms with Crippen LogP contribution in [-0.4, -0.2) is 70.9 Å². The average molecular weight is 393 g/mol. The van der Waals surface area contributed by atoms with E-state index in [1.54, 1.807) is 12.1 Å². The summed E-state index contributed by atoms with van der Waals surface area (Å²) in [6.45, 7) is 11.4. The number of aliphatic imine (C=N–C) groups is 1. The quantitative estimate of drug-likeness (QED) is 0.836. The Morgan fingerprint density at radius 2 is 1.93 bits per heavy atom. The maximum absolute atomic E-state index is 12.9. The van der Waals surface area contributed by atoms with Crippen LogP contribution in [0.5, 0.6) is 0 Å². The van der Waals surface area contributed by atoms with Gasteiger partial charge in [-0.1, -0.05) is 23.9 Å². The second kappa shape index (κ2) is 8.61. The molecule has 0 unspecified atom stereocenters. The highest BCUT2D eigenvalue weighted by Gasteiger charge is 2.33. The fourth-order valence-corrected chi connectivity index (χ4v) is 4.39. The fourth-order valence-electron chi connectivity index (χ4n) is 3.33. The van der Waals surface area contributed by atoms with Crippen LogP contribution in [0.4, 0.5) is 4.39 Å². The van der Waals surface area contributed by atoms with Gasteiger partial charge in [-0.15, -0.1) is 0 Å². The summed E-state index contributed by atoms with van der Waals surface area (Å²) in [5, 5.41) is 4.15. The third kappa shape index (κ3) is 5.45. The molecule has 1 fully saturated rings. The zero-order valence-corrected chi connectivity index (χ0v) is 17.2. The summed E-state index contributed by atoms with van der Waals surface area (Å²) < 4.78 is 13.1. The van der Waals surface area contributed by atoms with Gasteiger partial charge in [-0.3, -0.25) is 14.7 Å². The van der Waals surface area contributed by atoms with E-state index in [4.69, 9.17) is 0 Å². The third-order valence-electron chi connectivity index (χ3n) is 5.10. The molecule has 0 aromatic heterocycles. The molecule has 2 aliphatic heterocycles. The van der Waals surface area contributed by atoms with Gasteiger partial charge in [0.15, 0.2) is 5.17 Å². The average Bonchev–Trinajstić information content (AvgIpc) is 3.02. The lowest BCUT2D eigenvalue weighted by Crippen LogP contribution is -2.54. The van der Waals surface area contributed by atoms with Crippen molar-refractivity contribution in [1.82, 2.24) is 15.1 Å². The van der Waals surface area contributed by atoms with Crippen molar-refractivity contribution in [2.45, 2.75) is 38.0 Å². The van der Waals surface area contributed by atoms with Crippen molar-refractivity contribution in [1.29, 1.82) is 0 Å². The maximum atomic E-state index is 12.9. The molecule has 0 radical (unpaired) electrons. The van der Waals surface area contributed by atoms with Crippen molar-refractivity contribution >= 4 is 22.8 Å². The minimum atomic E-state index is -0.235. The molecule has 2 aliphatic rings. The van der Waals surface area contributed by atoms with E-state index in [2.05, 4.69) is 34.0 Å². The summed E-state index contributed by atoms with van der Waals surface area (Å²) >= 11 is 1.85. The van der Waals surface area contributed by atoms with Crippen LogP contribution in [0.2, 0.25) is 0 Å². The Morgan fingerprint density at radius 3 is 2.52 bits per heavy atom. The van der Waals surface area contributed by atoms with Gasteiger partial charge < -0.3 is 10.2 Å². The first-order valence-corrected chi connectivity index (χ1v) is 10.4. The lowest BCUT2D eigenvalue weighted by molar-refractivity contribution is -0.126. The number of rotatable bonds is 5. The molecule has 3 rings (SSSR count). The van der Waals surface area contributed by atoms with Gasteiger partial charge in [-0.05, 0) is 44.9 Å². The first-order valence-electron chi connectivity index (χ1n) is 9.59. The molecule has 2 heterocycles. The summed E-state index contributed by atoms with van der Waals surface area (Å²) in [5.41, 5.74) is 1.02. The van der Waals surface area contributed by atoms with Gasteiger partial charge in [0.2, 0.25) is 5.91 Å². The number of hydrogen-bond donors (Lipinski definition) is 1. The van der Waals surface area contributed by atoms with Gasteiger partial charge in [0, 0.05) is 37.5 Å². The number of carbonyl (C=O) groups is 1. The first-order chi connectivity index (χ1) is 12.8. The zero-order valence-electron chi connectivity index (χ0n) is 16.4. The van der Waals surface area contributed by atoms with Crippen LogP contribution in [0, 0.1) is 5.82 Å². The van der Waals surface area contributed by atoms with Gasteiger partial charge in [0.25, 0.3) is 0 Å². The second-order valence-corrected chi connectivity index (χ2v) is 9.50. The monoisotopic (exact) mass is 392 g/mol. The number of nitrogens with zero attached hydrogens (tertiary/aromatic N) is 3. The van der Waals surface area contributed by atoms with Crippen molar-refractivity contribution in [3.63, 3.8) is 0 Å². The van der Waals surface area contributed by atoms with E-state index in [1.807, 2.05) is 18.7 Å². The van der Waals surface area contributed by atoms with Gasteiger partial charge in [-0.2, -0.15) is 0 Å². The molecule has 0 spiro atoms. The van der Waals surface area contributed by atoms with Crippen LogP contribution >= 0.6 is 11.8 Å². The first kappa shape index (κ1) is 20.1. The van der Waals surface area contributed by atoms with E-state index < -0.39 is 0 Å². The number of halogens is 1. The lowest BCUT2D eigenvalue weighted by atomic mass is 10.1. The predicted molar refractivity (Wildman–Crippen MR) is 110 cm³/mol. The number of carbonyl (C=O) groups excluding carboxylic acids is 1. The second-order valence-electron chi connectivity index (χ2n) is 7.83. The normalized spacial score (nSPS) is 21.0. The number of amidine groups is 1. The molecule has 1 N–H and O–H groups in total. The summed E-state index contributed by atoms with van der Waals surface area (Å²) in [6.07, 6.45) is 0.708. The van der Waals surface area contributed by atoms with Crippen LogP contribution in [0.3, 0.4) is 0 Å². The van der Waals surface area contributed by atoms with Gasteiger partial charge in [0.05, 0.1) is 12.6 Å². The highest BCUT2D eigenvalue weighted by Crippen LogP contribution is 2.33. The Kier molecular flexibility index (Phi) is 6.42. The highest BCUT2D eigenvalue weighted by molar-refractivity contribution is 8.15. The van der Waals surface area contributed by atoms with Crippen LogP contribution < -0.4 is 5.32 Å². The minimum absolute atomic E-state index is 0.0549. The Morgan fingerprint density at radius 1 is 1.26 bits per heavy atom. The number of benzene rings is 1. The van der Waals surface area contributed by atoms with Crippen LogP contribution in [0.25, 0.3) is 0 Å². The van der Waals surface area contributed by atoms with Gasteiger partial charge in [0.1, 0.15) is 5.82 Å². The SMILES string of the molecule is C[C@@H](C(=O)NCCc1ccc(F)cc1)N1CCN(C2=NCC(C)(C)S2)CC1. The largest absolute Gasteiger partial charge is 0.354 e. The summed E-state index contributed by atoms with van der Waals surface area (Å²) in [4.78, 5) is 21.7. The van der Waals surface area contributed by atoms with Crippen LogP contribution in [-0.2, 0) is 11.2 Å². The molecular formula is C20H29FN4OS. The van der Waals surface area contributed by atoms with Gasteiger partial charge in [-0.25, -0.2) is 4.39 Å². The molecule has 0 aliphatic carbocycles. The van der Waals surface area contributed by atoms with Crippen molar-refractivity contribution in [3.05, 3.63) is 35.6 Å². The van der Waals surface area contributed by atoms with Crippen molar-refractivity contribution in [3.8, 4) is 0 Å². The van der Waals surface area contributed by atoms with E-state index in [-0.39, 0.29) is 22.5 Å². The number of amides is 1. The molecule has 1 amide bonds. The molecule has 1 aromatic carbocycles. The molecule has 0 bridgehead atoms. The predicted octanol–water partition coefficient (Wildman–Crippen LogP) is 2.37. The molecule has 0 saturated carbocycles. The molecule has 1 saturated heterocycles. The summed E-state index contributed by atoms with van der Waals surface area (Å²) in [7, 11) is 0. The van der Waals surface area contributed by atoms with Crippen molar-refractivity contribution < 1.29 is 9.18 Å². The highest BCUT2D eigenvalue weighted by atomic mass is 32.2. The summed E-state index contributed by atoms with van der Waals surface area (Å²) in [5.74, 6) is -0.180. The fraction of sp³-hybridized carbons (Fsp3) is 0.600. The lowest BCUT2D eigenvalue weighted by Gasteiger charge is -2.38.